The van der Waals surface area contributed by atoms with E-state index in [9.17, 15) is 0 Å². The number of hydrazine groups is 1. The van der Waals surface area contributed by atoms with Crippen molar-refractivity contribution in [2.75, 3.05) is 24.4 Å². The Bertz CT molecular complexity index is 554. The maximum absolute atomic E-state index is 5.35. The first-order valence-corrected chi connectivity index (χ1v) is 5.91. The second-order valence-electron chi connectivity index (χ2n) is 4.58. The molecule has 0 spiro atoms. The minimum atomic E-state index is -0.351. The summed E-state index contributed by atoms with van der Waals surface area (Å²) in [6.45, 7) is 4.41. The van der Waals surface area contributed by atoms with E-state index < -0.39 is 0 Å². The Kier molecular flexibility index (Phi) is 4.05. The topological polar surface area (TPSA) is 129 Å². The largest absolute Gasteiger partial charge is 0.377 e. The standard InChI is InChI=1S/C10H17N9O/c1-10(2,20-3)4-13-7-15-8(18-11)17-9(16-7)19-6-12-5-14-19/h5-6H,4,11H2,1-3H3,(H2,13,15,16,17,18). The molecule has 0 unspecified atom stereocenters. The second kappa shape index (κ2) is 5.75. The van der Waals surface area contributed by atoms with E-state index in [0.29, 0.717) is 18.4 Å². The fraction of sp³-hybridized carbons (Fsp3) is 0.500. The van der Waals surface area contributed by atoms with Gasteiger partial charge in [-0.05, 0) is 13.8 Å². The highest BCUT2D eigenvalue weighted by Crippen LogP contribution is 2.11. The maximum Gasteiger partial charge on any atom is 0.258 e. The van der Waals surface area contributed by atoms with Crippen molar-refractivity contribution in [2.24, 2.45) is 5.84 Å². The van der Waals surface area contributed by atoms with Gasteiger partial charge in [-0.3, -0.25) is 5.43 Å². The molecule has 2 aromatic heterocycles. The summed E-state index contributed by atoms with van der Waals surface area (Å²) in [6, 6.07) is 0. The number of nitrogens with two attached hydrogens (primary N) is 1. The summed E-state index contributed by atoms with van der Waals surface area (Å²) in [5.74, 6) is 6.25. The maximum atomic E-state index is 5.35. The van der Waals surface area contributed by atoms with E-state index in [1.807, 2.05) is 13.8 Å². The van der Waals surface area contributed by atoms with Gasteiger partial charge in [0.05, 0.1) is 5.60 Å². The van der Waals surface area contributed by atoms with Crippen molar-refractivity contribution in [3.05, 3.63) is 12.7 Å². The molecule has 2 aromatic rings. The third kappa shape index (κ3) is 3.36. The van der Waals surface area contributed by atoms with Gasteiger partial charge in [0.25, 0.3) is 5.95 Å². The van der Waals surface area contributed by atoms with E-state index in [2.05, 4.69) is 35.8 Å². The van der Waals surface area contributed by atoms with Crippen LogP contribution >= 0.6 is 0 Å². The highest BCUT2D eigenvalue weighted by Gasteiger charge is 2.17. The summed E-state index contributed by atoms with van der Waals surface area (Å²) >= 11 is 0. The summed E-state index contributed by atoms with van der Waals surface area (Å²) in [5, 5.41) is 7.03. The van der Waals surface area contributed by atoms with Crippen LogP contribution in [0, 0.1) is 0 Å². The van der Waals surface area contributed by atoms with Crippen LogP contribution in [0.3, 0.4) is 0 Å². The van der Waals surface area contributed by atoms with Gasteiger partial charge < -0.3 is 10.1 Å². The SMILES string of the molecule is COC(C)(C)CNc1nc(NN)nc(-n2cncn2)n1. The normalized spacial score (nSPS) is 11.4. The van der Waals surface area contributed by atoms with Crippen LogP contribution < -0.4 is 16.6 Å². The average Bonchev–Trinajstić information content (AvgIpc) is 2.99. The summed E-state index contributed by atoms with van der Waals surface area (Å²) in [7, 11) is 1.64. The molecule has 2 rings (SSSR count). The molecule has 10 nitrogen and oxygen atoms in total. The van der Waals surface area contributed by atoms with Crippen molar-refractivity contribution in [3.8, 4) is 5.95 Å². The van der Waals surface area contributed by atoms with Crippen molar-refractivity contribution in [2.45, 2.75) is 19.4 Å². The number of aromatic nitrogens is 6. The third-order valence-corrected chi connectivity index (χ3v) is 2.60. The van der Waals surface area contributed by atoms with Crippen LogP contribution in [0.15, 0.2) is 12.7 Å². The van der Waals surface area contributed by atoms with Crippen LogP contribution in [0.4, 0.5) is 11.9 Å². The Labute approximate surface area is 115 Å². The zero-order valence-electron chi connectivity index (χ0n) is 11.5. The molecule has 0 fully saturated rings. The Morgan fingerprint density at radius 1 is 1.30 bits per heavy atom. The van der Waals surface area contributed by atoms with Crippen molar-refractivity contribution >= 4 is 11.9 Å². The molecule has 0 saturated heterocycles. The van der Waals surface area contributed by atoms with Crippen LogP contribution in [0.5, 0.6) is 0 Å². The molecule has 4 N–H and O–H groups in total. The molecular weight excluding hydrogens is 262 g/mol. The molecule has 0 radical (unpaired) electrons. The number of nitrogen functional groups attached to an aromatic ring is 1. The average molecular weight is 279 g/mol. The lowest BCUT2D eigenvalue weighted by Crippen LogP contribution is -2.32. The molecular formula is C10H17N9O. The van der Waals surface area contributed by atoms with Crippen LogP contribution in [0.25, 0.3) is 5.95 Å². The van der Waals surface area contributed by atoms with E-state index in [1.54, 1.807) is 7.11 Å². The fourth-order valence-corrected chi connectivity index (χ4v) is 1.29. The van der Waals surface area contributed by atoms with Gasteiger partial charge in [0.1, 0.15) is 12.7 Å². The van der Waals surface area contributed by atoms with E-state index >= 15 is 0 Å². The lowest BCUT2D eigenvalue weighted by Gasteiger charge is -2.23. The van der Waals surface area contributed by atoms with Gasteiger partial charge >= 0.3 is 0 Å². The first-order valence-electron chi connectivity index (χ1n) is 5.91. The molecule has 0 bridgehead atoms. The van der Waals surface area contributed by atoms with Gasteiger partial charge in [-0.25, -0.2) is 10.8 Å². The molecule has 20 heavy (non-hydrogen) atoms. The van der Waals surface area contributed by atoms with Crippen LogP contribution in [-0.2, 0) is 4.74 Å². The van der Waals surface area contributed by atoms with E-state index in [0.717, 1.165) is 0 Å². The number of nitrogens with one attached hydrogen (secondary N) is 2. The number of anilines is 2. The quantitative estimate of drug-likeness (QED) is 0.476. The monoisotopic (exact) mass is 279 g/mol. The molecule has 0 aliphatic carbocycles. The summed E-state index contributed by atoms with van der Waals surface area (Å²) in [6.07, 6.45) is 2.87. The molecule has 0 aliphatic rings. The van der Waals surface area contributed by atoms with Gasteiger partial charge in [-0.15, -0.1) is 0 Å². The van der Waals surface area contributed by atoms with Crippen LogP contribution in [0.1, 0.15) is 13.8 Å². The van der Waals surface area contributed by atoms with Gasteiger partial charge in [0.15, 0.2) is 0 Å². The Morgan fingerprint density at radius 3 is 2.65 bits per heavy atom. The molecule has 0 aromatic carbocycles. The minimum absolute atomic E-state index is 0.225. The third-order valence-electron chi connectivity index (χ3n) is 2.60. The van der Waals surface area contributed by atoms with Gasteiger partial charge in [0, 0.05) is 13.7 Å². The molecule has 108 valence electrons. The Balaban J connectivity index is 2.23. The number of methoxy groups -OCH3 is 1. The number of nitrogens with zero attached hydrogens (tertiary/aromatic N) is 6. The second-order valence-corrected chi connectivity index (χ2v) is 4.58. The van der Waals surface area contributed by atoms with Crippen LogP contribution in [0.2, 0.25) is 0 Å². The van der Waals surface area contributed by atoms with Crippen molar-refractivity contribution in [3.63, 3.8) is 0 Å². The molecule has 2 heterocycles. The van der Waals surface area contributed by atoms with E-state index in [4.69, 9.17) is 10.6 Å². The molecule has 0 atom stereocenters. The van der Waals surface area contributed by atoms with E-state index in [1.165, 1.54) is 17.3 Å². The first-order chi connectivity index (χ1) is 9.54. The number of hydrogen-bond donors (Lipinski definition) is 3. The van der Waals surface area contributed by atoms with E-state index in [-0.39, 0.29) is 11.5 Å². The molecule has 0 aliphatic heterocycles. The van der Waals surface area contributed by atoms with Gasteiger partial charge in [0.2, 0.25) is 11.9 Å². The lowest BCUT2D eigenvalue weighted by molar-refractivity contribution is 0.0342. The zero-order chi connectivity index (χ0) is 14.6. The lowest BCUT2D eigenvalue weighted by atomic mass is 10.1. The predicted octanol–water partition coefficient (Wildman–Crippen LogP) is -0.425. The van der Waals surface area contributed by atoms with Gasteiger partial charge in [-0.2, -0.15) is 24.7 Å². The summed E-state index contributed by atoms with van der Waals surface area (Å²) in [5.41, 5.74) is 2.04. The molecule has 0 saturated carbocycles. The molecule has 10 heteroatoms. The Hall–Kier alpha value is -2.33. The van der Waals surface area contributed by atoms with Crippen molar-refractivity contribution < 1.29 is 4.74 Å². The number of rotatable bonds is 6. The zero-order valence-corrected chi connectivity index (χ0v) is 11.5. The smallest absolute Gasteiger partial charge is 0.258 e. The van der Waals surface area contributed by atoms with Crippen molar-refractivity contribution in [1.82, 2.24) is 29.7 Å². The number of hydrogen-bond acceptors (Lipinski definition) is 9. The predicted molar refractivity (Wildman–Crippen MR) is 72.1 cm³/mol. The minimum Gasteiger partial charge on any atom is -0.377 e. The van der Waals surface area contributed by atoms with Gasteiger partial charge in [-0.1, -0.05) is 0 Å². The highest BCUT2D eigenvalue weighted by atomic mass is 16.5. The first kappa shape index (κ1) is 14.1. The number of ether oxygens (including phenoxy) is 1. The summed E-state index contributed by atoms with van der Waals surface area (Å²) in [4.78, 5) is 16.3. The van der Waals surface area contributed by atoms with Crippen molar-refractivity contribution in [1.29, 1.82) is 0 Å². The highest BCUT2D eigenvalue weighted by molar-refractivity contribution is 5.37. The Morgan fingerprint density at radius 2 is 2.05 bits per heavy atom. The molecule has 0 amide bonds. The fourth-order valence-electron chi connectivity index (χ4n) is 1.29. The van der Waals surface area contributed by atoms with Crippen LogP contribution in [-0.4, -0.2) is 49.0 Å². The summed E-state index contributed by atoms with van der Waals surface area (Å²) < 4.78 is 6.73.